The first kappa shape index (κ1) is 11.7. The van der Waals surface area contributed by atoms with Gasteiger partial charge in [-0.05, 0) is 31.6 Å². The molecule has 1 N–H and O–H groups in total. The van der Waals surface area contributed by atoms with E-state index in [0.717, 1.165) is 38.8 Å². The molecule has 2 aliphatic rings. The SMILES string of the molecule is Cn1cncc1C(=O)N1CCC(C2(O)CC2)CC1. The molecule has 2 fully saturated rings. The van der Waals surface area contributed by atoms with Crippen LogP contribution in [0, 0.1) is 5.92 Å². The minimum Gasteiger partial charge on any atom is -0.390 e. The highest BCUT2D eigenvalue weighted by molar-refractivity contribution is 5.92. The molecule has 0 bridgehead atoms. The molecule has 0 radical (unpaired) electrons. The van der Waals surface area contributed by atoms with Gasteiger partial charge in [-0.15, -0.1) is 0 Å². The number of piperidine rings is 1. The molecule has 1 aliphatic carbocycles. The molecule has 1 aromatic rings. The number of imidazole rings is 1. The van der Waals surface area contributed by atoms with Gasteiger partial charge in [0.15, 0.2) is 0 Å². The number of rotatable bonds is 2. The molecular formula is C13H19N3O2. The average molecular weight is 249 g/mol. The molecule has 0 aromatic carbocycles. The lowest BCUT2D eigenvalue weighted by atomic mass is 9.89. The standard InChI is InChI=1S/C13H19N3O2/c1-15-9-14-8-11(15)12(17)16-6-2-10(3-7-16)13(18)4-5-13/h8-10,18H,2-7H2,1H3. The maximum Gasteiger partial charge on any atom is 0.272 e. The van der Waals surface area contributed by atoms with E-state index in [1.54, 1.807) is 17.1 Å². The molecule has 1 amide bonds. The van der Waals surface area contributed by atoms with E-state index in [-0.39, 0.29) is 5.91 Å². The quantitative estimate of drug-likeness (QED) is 0.843. The van der Waals surface area contributed by atoms with Crippen molar-refractivity contribution in [2.24, 2.45) is 13.0 Å². The number of hydrogen-bond donors (Lipinski definition) is 1. The maximum absolute atomic E-state index is 12.3. The fourth-order valence-electron chi connectivity index (χ4n) is 2.88. The van der Waals surface area contributed by atoms with Gasteiger partial charge in [-0.2, -0.15) is 0 Å². The van der Waals surface area contributed by atoms with Gasteiger partial charge in [-0.1, -0.05) is 0 Å². The van der Waals surface area contributed by atoms with Crippen molar-refractivity contribution in [3.05, 3.63) is 18.2 Å². The third kappa shape index (κ3) is 1.92. The lowest BCUT2D eigenvalue weighted by molar-refractivity contribution is 0.0336. The van der Waals surface area contributed by atoms with Crippen molar-refractivity contribution in [3.8, 4) is 0 Å². The van der Waals surface area contributed by atoms with Crippen LogP contribution < -0.4 is 0 Å². The summed E-state index contributed by atoms with van der Waals surface area (Å²) in [6.45, 7) is 1.49. The van der Waals surface area contributed by atoms with Crippen molar-refractivity contribution in [1.82, 2.24) is 14.5 Å². The van der Waals surface area contributed by atoms with Crippen molar-refractivity contribution in [2.45, 2.75) is 31.3 Å². The van der Waals surface area contributed by atoms with Crippen LogP contribution in [-0.4, -0.2) is 44.2 Å². The molecule has 1 saturated carbocycles. The van der Waals surface area contributed by atoms with E-state index < -0.39 is 5.60 Å². The topological polar surface area (TPSA) is 58.4 Å². The van der Waals surface area contributed by atoms with E-state index in [9.17, 15) is 9.90 Å². The molecule has 5 nitrogen and oxygen atoms in total. The van der Waals surface area contributed by atoms with Gasteiger partial charge in [-0.25, -0.2) is 4.98 Å². The number of aliphatic hydroxyl groups is 1. The summed E-state index contributed by atoms with van der Waals surface area (Å²) in [6.07, 6.45) is 6.97. The highest BCUT2D eigenvalue weighted by Crippen LogP contribution is 2.46. The van der Waals surface area contributed by atoms with E-state index in [1.165, 1.54) is 0 Å². The lowest BCUT2D eigenvalue weighted by Crippen LogP contribution is -2.42. The fraction of sp³-hybridized carbons (Fsp3) is 0.692. The smallest absolute Gasteiger partial charge is 0.272 e. The van der Waals surface area contributed by atoms with Crippen molar-refractivity contribution in [2.75, 3.05) is 13.1 Å². The van der Waals surface area contributed by atoms with Crippen molar-refractivity contribution >= 4 is 5.91 Å². The predicted molar refractivity (Wildman–Crippen MR) is 66.0 cm³/mol. The lowest BCUT2D eigenvalue weighted by Gasteiger charge is -2.34. The number of likely N-dealkylation sites (tertiary alicyclic amines) is 1. The van der Waals surface area contributed by atoms with E-state index in [2.05, 4.69) is 4.98 Å². The van der Waals surface area contributed by atoms with Gasteiger partial charge >= 0.3 is 0 Å². The Kier molecular flexibility index (Phi) is 2.66. The largest absolute Gasteiger partial charge is 0.390 e. The van der Waals surface area contributed by atoms with Crippen LogP contribution in [0.3, 0.4) is 0 Å². The van der Waals surface area contributed by atoms with E-state index >= 15 is 0 Å². The summed E-state index contributed by atoms with van der Waals surface area (Å²) in [6, 6.07) is 0. The van der Waals surface area contributed by atoms with Crippen molar-refractivity contribution in [3.63, 3.8) is 0 Å². The Morgan fingerprint density at radius 2 is 2.11 bits per heavy atom. The van der Waals surface area contributed by atoms with Gasteiger partial charge in [0.05, 0.1) is 18.1 Å². The number of amides is 1. The van der Waals surface area contributed by atoms with Gasteiger partial charge in [0, 0.05) is 20.1 Å². The van der Waals surface area contributed by atoms with Gasteiger partial charge in [0.25, 0.3) is 5.91 Å². The molecule has 1 saturated heterocycles. The van der Waals surface area contributed by atoms with Gasteiger partial charge in [0.2, 0.25) is 0 Å². The Hall–Kier alpha value is -1.36. The fourth-order valence-corrected chi connectivity index (χ4v) is 2.88. The number of hydrogen-bond acceptors (Lipinski definition) is 3. The summed E-state index contributed by atoms with van der Waals surface area (Å²) in [5, 5.41) is 10.1. The highest BCUT2D eigenvalue weighted by atomic mass is 16.3. The molecule has 0 atom stereocenters. The molecule has 5 heteroatoms. The summed E-state index contributed by atoms with van der Waals surface area (Å²) >= 11 is 0. The first-order valence-corrected chi connectivity index (χ1v) is 6.58. The van der Waals surface area contributed by atoms with Crippen LogP contribution in [-0.2, 0) is 7.05 Å². The molecule has 2 heterocycles. The maximum atomic E-state index is 12.3. The van der Waals surface area contributed by atoms with Crippen LogP contribution in [0.5, 0.6) is 0 Å². The van der Waals surface area contributed by atoms with Crippen LogP contribution in [0.4, 0.5) is 0 Å². The van der Waals surface area contributed by atoms with E-state index in [0.29, 0.717) is 11.6 Å². The van der Waals surface area contributed by atoms with Crippen LogP contribution in [0.25, 0.3) is 0 Å². The van der Waals surface area contributed by atoms with Gasteiger partial charge < -0.3 is 14.6 Å². The van der Waals surface area contributed by atoms with Gasteiger partial charge in [-0.3, -0.25) is 4.79 Å². The Labute approximate surface area is 106 Å². The van der Waals surface area contributed by atoms with Crippen molar-refractivity contribution < 1.29 is 9.90 Å². The van der Waals surface area contributed by atoms with E-state index in [4.69, 9.17) is 0 Å². The summed E-state index contributed by atoms with van der Waals surface area (Å²) in [5.74, 6) is 0.435. The van der Waals surface area contributed by atoms with E-state index in [1.807, 2.05) is 11.9 Å². The zero-order valence-electron chi connectivity index (χ0n) is 10.7. The third-order valence-electron chi connectivity index (χ3n) is 4.34. The molecule has 98 valence electrons. The number of nitrogens with zero attached hydrogens (tertiary/aromatic N) is 3. The summed E-state index contributed by atoms with van der Waals surface area (Å²) in [7, 11) is 1.83. The normalized spacial score (nSPS) is 23.1. The van der Waals surface area contributed by atoms with Crippen LogP contribution in [0.15, 0.2) is 12.5 Å². The molecule has 3 rings (SSSR count). The number of aromatic nitrogens is 2. The van der Waals surface area contributed by atoms with Crippen molar-refractivity contribution in [1.29, 1.82) is 0 Å². The Bertz CT molecular complexity index is 457. The van der Waals surface area contributed by atoms with Crippen LogP contribution in [0.1, 0.15) is 36.2 Å². The van der Waals surface area contributed by atoms with Crippen LogP contribution in [0.2, 0.25) is 0 Å². The zero-order chi connectivity index (χ0) is 12.8. The second kappa shape index (κ2) is 4.09. The first-order chi connectivity index (χ1) is 8.60. The summed E-state index contributed by atoms with van der Waals surface area (Å²) < 4.78 is 1.75. The minimum absolute atomic E-state index is 0.0521. The molecule has 18 heavy (non-hydrogen) atoms. The zero-order valence-corrected chi connectivity index (χ0v) is 10.7. The second-order valence-corrected chi connectivity index (χ2v) is 5.56. The number of carbonyl (C=O) groups is 1. The molecular weight excluding hydrogens is 230 g/mol. The Morgan fingerprint density at radius 1 is 1.44 bits per heavy atom. The Balaban J connectivity index is 1.63. The third-order valence-corrected chi connectivity index (χ3v) is 4.34. The number of aryl methyl sites for hydroxylation is 1. The molecule has 1 aromatic heterocycles. The summed E-state index contributed by atoms with van der Waals surface area (Å²) in [4.78, 5) is 18.1. The monoisotopic (exact) mass is 249 g/mol. The predicted octanol–water partition coefficient (Wildman–Crippen LogP) is 0.797. The minimum atomic E-state index is -0.401. The average Bonchev–Trinajstić information content (AvgIpc) is 2.99. The van der Waals surface area contributed by atoms with Gasteiger partial charge in [0.1, 0.15) is 5.69 Å². The Morgan fingerprint density at radius 3 is 2.61 bits per heavy atom. The first-order valence-electron chi connectivity index (χ1n) is 6.58. The molecule has 0 unspecified atom stereocenters. The molecule has 0 spiro atoms. The highest BCUT2D eigenvalue weighted by Gasteiger charge is 2.48. The number of carbonyl (C=O) groups excluding carboxylic acids is 1. The summed E-state index contributed by atoms with van der Waals surface area (Å²) in [5.41, 5.74) is 0.236. The van der Waals surface area contributed by atoms with Crippen LogP contribution >= 0.6 is 0 Å². The second-order valence-electron chi connectivity index (χ2n) is 5.56. The molecule has 1 aliphatic heterocycles.